The lowest BCUT2D eigenvalue weighted by Gasteiger charge is -2.09. The predicted molar refractivity (Wildman–Crippen MR) is 33.5 cm³/mol. The van der Waals surface area contributed by atoms with E-state index in [0.717, 1.165) is 0 Å². The van der Waals surface area contributed by atoms with E-state index in [9.17, 15) is 9.59 Å². The highest BCUT2D eigenvalue weighted by molar-refractivity contribution is 5.85. The molecule has 0 aliphatic carbocycles. The summed E-state index contributed by atoms with van der Waals surface area (Å²) < 4.78 is 0. The lowest BCUT2D eigenvalue weighted by atomic mass is 10.0. The van der Waals surface area contributed by atoms with Crippen molar-refractivity contribution in [3.63, 3.8) is 0 Å². The van der Waals surface area contributed by atoms with Gasteiger partial charge in [-0.15, -0.1) is 0 Å². The van der Waals surface area contributed by atoms with Crippen LogP contribution in [-0.4, -0.2) is 28.1 Å². The summed E-state index contributed by atoms with van der Waals surface area (Å²) in [6, 6.07) is 0. The number of hydrogen-bond acceptors (Lipinski definition) is 3. The molecule has 0 bridgehead atoms. The van der Waals surface area contributed by atoms with E-state index in [2.05, 4.69) is 0 Å². The fourth-order valence-corrected chi connectivity index (χ4v) is 0.436. The Morgan fingerprint density at radius 1 is 1.40 bits per heavy atom. The standard InChI is InChI=1S/C6H10O4/c1-3(4(2)7)5(8)6(9)10/h3,5,8H,1-2H3,(H,9,10)/t3-,5-/m1/s1. The van der Waals surface area contributed by atoms with Crippen LogP contribution in [0.15, 0.2) is 0 Å². The Hall–Kier alpha value is -0.900. The Bertz CT molecular complexity index is 134. The van der Waals surface area contributed by atoms with E-state index < -0.39 is 18.0 Å². The second kappa shape index (κ2) is 3.31. The minimum absolute atomic E-state index is 0.324. The molecule has 0 aromatic carbocycles. The summed E-state index contributed by atoms with van der Waals surface area (Å²) in [5.41, 5.74) is 0. The van der Waals surface area contributed by atoms with Gasteiger partial charge in [0.1, 0.15) is 5.78 Å². The Morgan fingerprint density at radius 2 is 1.80 bits per heavy atom. The fourth-order valence-electron chi connectivity index (χ4n) is 0.436. The molecule has 2 atom stereocenters. The molecule has 0 rings (SSSR count). The van der Waals surface area contributed by atoms with Crippen molar-refractivity contribution in [2.75, 3.05) is 0 Å². The van der Waals surface area contributed by atoms with Crippen LogP contribution in [0.3, 0.4) is 0 Å². The van der Waals surface area contributed by atoms with E-state index in [1.807, 2.05) is 0 Å². The molecule has 0 saturated carbocycles. The van der Waals surface area contributed by atoms with Gasteiger partial charge in [-0.05, 0) is 6.92 Å². The first-order valence-electron chi connectivity index (χ1n) is 2.88. The lowest BCUT2D eigenvalue weighted by Crippen LogP contribution is -2.31. The van der Waals surface area contributed by atoms with Crippen LogP contribution in [0.4, 0.5) is 0 Å². The van der Waals surface area contributed by atoms with Crippen LogP contribution in [0.5, 0.6) is 0 Å². The molecular formula is C6H10O4. The molecule has 0 aliphatic heterocycles. The molecule has 0 aromatic rings. The van der Waals surface area contributed by atoms with Crippen LogP contribution < -0.4 is 0 Å². The molecular weight excluding hydrogens is 136 g/mol. The van der Waals surface area contributed by atoms with Crippen molar-refractivity contribution < 1.29 is 19.8 Å². The Labute approximate surface area is 58.5 Å². The van der Waals surface area contributed by atoms with Crippen molar-refractivity contribution in [3.05, 3.63) is 0 Å². The third-order valence-electron chi connectivity index (χ3n) is 1.37. The molecule has 0 amide bonds. The normalized spacial score (nSPS) is 15.9. The first-order chi connectivity index (χ1) is 4.46. The van der Waals surface area contributed by atoms with Crippen LogP contribution in [0.25, 0.3) is 0 Å². The second-order valence-corrected chi connectivity index (χ2v) is 2.18. The van der Waals surface area contributed by atoms with E-state index in [-0.39, 0.29) is 5.78 Å². The summed E-state index contributed by atoms with van der Waals surface area (Å²) in [5.74, 6) is -2.50. The second-order valence-electron chi connectivity index (χ2n) is 2.18. The minimum Gasteiger partial charge on any atom is -0.479 e. The summed E-state index contributed by atoms with van der Waals surface area (Å²) in [7, 11) is 0. The number of aliphatic carboxylic acids is 1. The van der Waals surface area contributed by atoms with Crippen LogP contribution in [0, 0.1) is 5.92 Å². The number of Topliss-reactive ketones (excluding diaryl/α,β-unsaturated/α-hetero) is 1. The van der Waals surface area contributed by atoms with Gasteiger partial charge >= 0.3 is 5.97 Å². The van der Waals surface area contributed by atoms with Gasteiger partial charge in [0.25, 0.3) is 0 Å². The monoisotopic (exact) mass is 146 g/mol. The van der Waals surface area contributed by atoms with Gasteiger partial charge in [-0.1, -0.05) is 6.92 Å². The SMILES string of the molecule is CC(=O)[C@@H](C)[C@@H](O)C(=O)O. The van der Waals surface area contributed by atoms with Gasteiger partial charge in [-0.2, -0.15) is 0 Å². The molecule has 58 valence electrons. The van der Waals surface area contributed by atoms with Gasteiger partial charge in [0.2, 0.25) is 0 Å². The number of ketones is 1. The lowest BCUT2D eigenvalue weighted by molar-refractivity contribution is -0.152. The van der Waals surface area contributed by atoms with E-state index in [0.29, 0.717) is 0 Å². The number of carboxylic acids is 1. The summed E-state index contributed by atoms with van der Waals surface area (Å²) >= 11 is 0. The van der Waals surface area contributed by atoms with Crippen molar-refractivity contribution in [1.29, 1.82) is 0 Å². The number of hydrogen-bond donors (Lipinski definition) is 2. The van der Waals surface area contributed by atoms with Crippen molar-refractivity contribution in [2.24, 2.45) is 5.92 Å². The zero-order valence-corrected chi connectivity index (χ0v) is 5.87. The molecule has 0 aromatic heterocycles. The van der Waals surface area contributed by atoms with E-state index in [1.54, 1.807) is 0 Å². The number of carboxylic acid groups (broad SMARTS) is 1. The summed E-state index contributed by atoms with van der Waals surface area (Å²) in [6.07, 6.45) is -1.57. The molecule has 4 heteroatoms. The van der Waals surface area contributed by atoms with Gasteiger partial charge in [-0.3, -0.25) is 4.79 Å². The highest BCUT2D eigenvalue weighted by atomic mass is 16.4. The predicted octanol–water partition coefficient (Wildman–Crippen LogP) is -0.343. The zero-order valence-electron chi connectivity index (χ0n) is 5.87. The van der Waals surface area contributed by atoms with Crippen molar-refractivity contribution in [1.82, 2.24) is 0 Å². The average Bonchev–Trinajstić information content (AvgIpc) is 1.84. The number of aliphatic hydroxyl groups is 1. The van der Waals surface area contributed by atoms with E-state index in [4.69, 9.17) is 10.2 Å². The molecule has 10 heavy (non-hydrogen) atoms. The maximum absolute atomic E-state index is 10.5. The molecule has 0 saturated heterocycles. The number of rotatable bonds is 3. The molecule has 2 N–H and O–H groups in total. The highest BCUT2D eigenvalue weighted by Crippen LogP contribution is 2.03. The van der Waals surface area contributed by atoms with Gasteiger partial charge in [0, 0.05) is 0 Å². The Kier molecular flexibility index (Phi) is 3.02. The molecule has 0 unspecified atom stereocenters. The Morgan fingerprint density at radius 3 is 1.90 bits per heavy atom. The number of carbonyl (C=O) groups excluding carboxylic acids is 1. The van der Waals surface area contributed by atoms with Crippen LogP contribution >= 0.6 is 0 Å². The quantitative estimate of drug-likeness (QED) is 0.571. The van der Waals surface area contributed by atoms with Crippen LogP contribution in [-0.2, 0) is 9.59 Å². The fraction of sp³-hybridized carbons (Fsp3) is 0.667. The van der Waals surface area contributed by atoms with Crippen molar-refractivity contribution in [3.8, 4) is 0 Å². The molecule has 0 fully saturated rings. The van der Waals surface area contributed by atoms with Crippen LogP contribution in [0.2, 0.25) is 0 Å². The molecule has 4 nitrogen and oxygen atoms in total. The first-order valence-corrected chi connectivity index (χ1v) is 2.88. The van der Waals surface area contributed by atoms with E-state index >= 15 is 0 Å². The van der Waals surface area contributed by atoms with Gasteiger partial charge in [-0.25, -0.2) is 4.79 Å². The summed E-state index contributed by atoms with van der Waals surface area (Å²) in [5, 5.41) is 16.9. The maximum Gasteiger partial charge on any atom is 0.333 e. The first kappa shape index (κ1) is 9.10. The number of aliphatic hydroxyl groups excluding tert-OH is 1. The molecule has 0 radical (unpaired) electrons. The summed E-state index contributed by atoms with van der Waals surface area (Å²) in [6.45, 7) is 2.62. The highest BCUT2D eigenvalue weighted by Gasteiger charge is 2.24. The van der Waals surface area contributed by atoms with E-state index in [1.165, 1.54) is 13.8 Å². The van der Waals surface area contributed by atoms with Crippen molar-refractivity contribution >= 4 is 11.8 Å². The van der Waals surface area contributed by atoms with Gasteiger partial charge in [0.15, 0.2) is 6.10 Å². The largest absolute Gasteiger partial charge is 0.479 e. The van der Waals surface area contributed by atoms with Gasteiger partial charge < -0.3 is 10.2 Å². The number of carbonyl (C=O) groups is 2. The molecule has 0 spiro atoms. The maximum atomic E-state index is 10.5. The summed E-state index contributed by atoms with van der Waals surface area (Å²) in [4.78, 5) is 20.5. The third kappa shape index (κ3) is 2.14. The molecule has 0 aliphatic rings. The zero-order chi connectivity index (χ0) is 8.31. The third-order valence-corrected chi connectivity index (χ3v) is 1.37. The van der Waals surface area contributed by atoms with Crippen LogP contribution in [0.1, 0.15) is 13.8 Å². The van der Waals surface area contributed by atoms with Crippen molar-refractivity contribution in [2.45, 2.75) is 20.0 Å². The topological polar surface area (TPSA) is 74.6 Å². The molecule has 0 heterocycles. The smallest absolute Gasteiger partial charge is 0.333 e. The minimum atomic E-state index is -1.57. The Balaban J connectivity index is 4.07. The average molecular weight is 146 g/mol. The van der Waals surface area contributed by atoms with Gasteiger partial charge in [0.05, 0.1) is 5.92 Å².